The normalized spacial score (nSPS) is 14.4. The summed E-state index contributed by atoms with van der Waals surface area (Å²) in [6.45, 7) is -0.379. The van der Waals surface area contributed by atoms with E-state index in [4.69, 9.17) is 9.84 Å². The molecule has 0 aliphatic carbocycles. The summed E-state index contributed by atoms with van der Waals surface area (Å²) in [5.74, 6) is -0.493. The van der Waals surface area contributed by atoms with Crippen molar-refractivity contribution in [1.29, 1.82) is 0 Å². The van der Waals surface area contributed by atoms with Crippen molar-refractivity contribution < 1.29 is 19.4 Å². The van der Waals surface area contributed by atoms with E-state index >= 15 is 0 Å². The highest BCUT2D eigenvalue weighted by molar-refractivity contribution is 5.96. The molecule has 0 unspecified atom stereocenters. The number of aryl methyl sites for hydroxylation is 1. The Hall–Kier alpha value is -2.04. The number of fused-ring (bicyclic) bond motifs is 1. The van der Waals surface area contributed by atoms with Crippen molar-refractivity contribution in [2.24, 2.45) is 0 Å². The number of rotatable bonds is 3. The Morgan fingerprint density at radius 2 is 2.24 bits per heavy atom. The first-order chi connectivity index (χ1) is 8.08. The lowest BCUT2D eigenvalue weighted by molar-refractivity contribution is -0.139. The molecule has 0 saturated heterocycles. The molecule has 0 fully saturated rings. The van der Waals surface area contributed by atoms with Crippen molar-refractivity contribution in [2.75, 3.05) is 18.6 Å². The minimum atomic E-state index is -1.02. The molecule has 0 spiro atoms. The lowest BCUT2D eigenvalue weighted by atomic mass is 10.0. The monoisotopic (exact) mass is 235 g/mol. The van der Waals surface area contributed by atoms with Crippen molar-refractivity contribution in [1.82, 2.24) is 0 Å². The Kier molecular flexibility index (Phi) is 2.99. The molecule has 2 rings (SSSR count). The fraction of sp³-hybridized carbons (Fsp3) is 0.333. The smallest absolute Gasteiger partial charge is 0.341 e. The van der Waals surface area contributed by atoms with E-state index in [1.165, 1.54) is 0 Å². The van der Waals surface area contributed by atoms with Gasteiger partial charge in [0.1, 0.15) is 5.75 Å². The van der Waals surface area contributed by atoms with Crippen LogP contribution in [0.25, 0.3) is 0 Å². The molecule has 0 radical (unpaired) electrons. The quantitative estimate of drug-likeness (QED) is 0.850. The summed E-state index contributed by atoms with van der Waals surface area (Å²) >= 11 is 0. The van der Waals surface area contributed by atoms with Gasteiger partial charge in [-0.15, -0.1) is 0 Å². The molecule has 1 aromatic carbocycles. The van der Waals surface area contributed by atoms with E-state index in [0.717, 1.165) is 17.7 Å². The zero-order chi connectivity index (χ0) is 12.4. The fourth-order valence-electron chi connectivity index (χ4n) is 1.85. The van der Waals surface area contributed by atoms with Crippen LogP contribution in [-0.4, -0.2) is 30.6 Å². The molecule has 0 aromatic heterocycles. The van der Waals surface area contributed by atoms with Crippen molar-refractivity contribution in [3.05, 3.63) is 23.8 Å². The highest BCUT2D eigenvalue weighted by Crippen LogP contribution is 2.30. The number of carbonyl (C=O) groups is 2. The summed E-state index contributed by atoms with van der Waals surface area (Å²) in [7, 11) is 1.71. The van der Waals surface area contributed by atoms with E-state index in [0.29, 0.717) is 12.2 Å². The van der Waals surface area contributed by atoms with Gasteiger partial charge < -0.3 is 14.7 Å². The van der Waals surface area contributed by atoms with Gasteiger partial charge in [0.15, 0.2) is 6.61 Å². The molecule has 1 N–H and O–H groups in total. The summed E-state index contributed by atoms with van der Waals surface area (Å²) in [6.07, 6.45) is 1.23. The summed E-state index contributed by atoms with van der Waals surface area (Å²) in [5.41, 5.74) is 1.87. The van der Waals surface area contributed by atoms with Crippen LogP contribution in [0, 0.1) is 0 Å². The SMILES string of the molecule is CN1C(=O)CCc2ccc(OCC(=O)O)cc21. The average Bonchev–Trinajstić information content (AvgIpc) is 2.31. The molecular formula is C12H13NO4. The van der Waals surface area contributed by atoms with Crippen LogP contribution in [0.4, 0.5) is 5.69 Å². The minimum Gasteiger partial charge on any atom is -0.482 e. The molecule has 0 atom stereocenters. The molecular weight excluding hydrogens is 222 g/mol. The van der Waals surface area contributed by atoms with Crippen LogP contribution in [0.1, 0.15) is 12.0 Å². The maximum atomic E-state index is 11.5. The first-order valence-electron chi connectivity index (χ1n) is 5.32. The van der Waals surface area contributed by atoms with Crippen molar-refractivity contribution in [3.8, 4) is 5.75 Å². The molecule has 1 aliphatic heterocycles. The van der Waals surface area contributed by atoms with E-state index in [-0.39, 0.29) is 12.5 Å². The van der Waals surface area contributed by atoms with Gasteiger partial charge in [0.25, 0.3) is 0 Å². The van der Waals surface area contributed by atoms with Crippen molar-refractivity contribution in [2.45, 2.75) is 12.8 Å². The Balaban J connectivity index is 2.23. The largest absolute Gasteiger partial charge is 0.482 e. The Labute approximate surface area is 98.6 Å². The molecule has 1 aliphatic rings. The summed E-state index contributed by atoms with van der Waals surface area (Å²) in [5, 5.41) is 8.52. The van der Waals surface area contributed by atoms with Gasteiger partial charge in [-0.1, -0.05) is 6.07 Å². The van der Waals surface area contributed by atoms with E-state index in [1.54, 1.807) is 24.1 Å². The van der Waals surface area contributed by atoms with Gasteiger partial charge >= 0.3 is 5.97 Å². The minimum absolute atomic E-state index is 0.0629. The summed E-state index contributed by atoms with van der Waals surface area (Å²) in [4.78, 5) is 23.5. The van der Waals surface area contributed by atoms with Gasteiger partial charge in [-0.2, -0.15) is 0 Å². The van der Waals surface area contributed by atoms with Gasteiger partial charge in [0.2, 0.25) is 5.91 Å². The lowest BCUT2D eigenvalue weighted by Gasteiger charge is -2.26. The second-order valence-corrected chi connectivity index (χ2v) is 3.93. The van der Waals surface area contributed by atoms with Crippen LogP contribution in [0.5, 0.6) is 5.75 Å². The van der Waals surface area contributed by atoms with Gasteiger partial charge in [-0.3, -0.25) is 4.79 Å². The molecule has 1 heterocycles. The molecule has 0 bridgehead atoms. The fourth-order valence-corrected chi connectivity index (χ4v) is 1.85. The van der Waals surface area contributed by atoms with Crippen LogP contribution >= 0.6 is 0 Å². The predicted molar refractivity (Wildman–Crippen MR) is 61.3 cm³/mol. The molecule has 1 aromatic rings. The molecule has 17 heavy (non-hydrogen) atoms. The highest BCUT2D eigenvalue weighted by atomic mass is 16.5. The standard InChI is InChI=1S/C12H13NO4/c1-13-10-6-9(17-7-12(15)16)4-2-8(10)3-5-11(13)14/h2,4,6H,3,5,7H2,1H3,(H,15,16). The number of hydrogen-bond donors (Lipinski definition) is 1. The maximum absolute atomic E-state index is 11.5. The van der Waals surface area contributed by atoms with Gasteiger partial charge in [0, 0.05) is 19.5 Å². The van der Waals surface area contributed by atoms with Crippen LogP contribution < -0.4 is 9.64 Å². The number of ether oxygens (including phenoxy) is 1. The van der Waals surface area contributed by atoms with Crippen LogP contribution in [0.2, 0.25) is 0 Å². The number of aliphatic carboxylic acids is 1. The first-order valence-corrected chi connectivity index (χ1v) is 5.32. The molecule has 0 saturated carbocycles. The number of hydrogen-bond acceptors (Lipinski definition) is 3. The predicted octanol–water partition coefficient (Wildman–Crippen LogP) is 1.06. The van der Waals surface area contributed by atoms with Gasteiger partial charge in [-0.05, 0) is 18.1 Å². The molecule has 90 valence electrons. The maximum Gasteiger partial charge on any atom is 0.341 e. The third-order valence-electron chi connectivity index (χ3n) is 2.76. The first kappa shape index (κ1) is 11.4. The number of carboxylic acid groups (broad SMARTS) is 1. The third kappa shape index (κ3) is 2.38. The van der Waals surface area contributed by atoms with Crippen LogP contribution in [0.3, 0.4) is 0 Å². The van der Waals surface area contributed by atoms with Crippen molar-refractivity contribution >= 4 is 17.6 Å². The molecule has 5 heteroatoms. The summed E-state index contributed by atoms with van der Waals surface area (Å²) < 4.78 is 5.08. The average molecular weight is 235 g/mol. The van der Waals surface area contributed by atoms with Crippen LogP contribution in [-0.2, 0) is 16.0 Å². The van der Waals surface area contributed by atoms with Crippen molar-refractivity contribution in [3.63, 3.8) is 0 Å². The number of carboxylic acids is 1. The Bertz CT molecular complexity index is 470. The zero-order valence-electron chi connectivity index (χ0n) is 9.47. The van der Waals surface area contributed by atoms with Crippen LogP contribution in [0.15, 0.2) is 18.2 Å². The second-order valence-electron chi connectivity index (χ2n) is 3.93. The van der Waals surface area contributed by atoms with E-state index in [2.05, 4.69) is 0 Å². The number of carbonyl (C=O) groups excluding carboxylic acids is 1. The lowest BCUT2D eigenvalue weighted by Crippen LogP contribution is -2.31. The van der Waals surface area contributed by atoms with Gasteiger partial charge in [0.05, 0.1) is 5.69 Å². The van der Waals surface area contributed by atoms with E-state index in [1.807, 2.05) is 6.07 Å². The highest BCUT2D eigenvalue weighted by Gasteiger charge is 2.21. The van der Waals surface area contributed by atoms with E-state index < -0.39 is 5.97 Å². The number of amides is 1. The second kappa shape index (κ2) is 4.45. The Morgan fingerprint density at radius 3 is 2.94 bits per heavy atom. The number of nitrogens with zero attached hydrogens (tertiary/aromatic N) is 1. The zero-order valence-corrected chi connectivity index (χ0v) is 9.47. The number of anilines is 1. The summed E-state index contributed by atoms with van der Waals surface area (Å²) in [6, 6.07) is 5.30. The van der Waals surface area contributed by atoms with E-state index in [9.17, 15) is 9.59 Å². The molecule has 5 nitrogen and oxygen atoms in total. The van der Waals surface area contributed by atoms with Gasteiger partial charge in [-0.25, -0.2) is 4.79 Å². The number of benzene rings is 1. The Morgan fingerprint density at radius 1 is 1.47 bits per heavy atom. The topological polar surface area (TPSA) is 66.8 Å². The molecule has 1 amide bonds. The third-order valence-corrected chi connectivity index (χ3v) is 2.76.